The van der Waals surface area contributed by atoms with Crippen LogP contribution in [-0.2, 0) is 11.3 Å². The molecule has 1 aliphatic heterocycles. The lowest BCUT2D eigenvalue weighted by Crippen LogP contribution is -2.54. The number of amides is 1. The van der Waals surface area contributed by atoms with E-state index in [1.165, 1.54) is 6.07 Å². The maximum Gasteiger partial charge on any atom is 0.289 e. The molecule has 0 bridgehead atoms. The van der Waals surface area contributed by atoms with E-state index in [0.29, 0.717) is 43.6 Å². The Balaban J connectivity index is 1.62. The normalized spacial score (nSPS) is 17.8. The van der Waals surface area contributed by atoms with Crippen LogP contribution < -0.4 is 4.90 Å². The third-order valence-electron chi connectivity index (χ3n) is 4.34. The first kappa shape index (κ1) is 18.4. The molecule has 140 valence electrons. The third kappa shape index (κ3) is 4.22. The van der Waals surface area contributed by atoms with E-state index in [0.717, 1.165) is 0 Å². The highest BCUT2D eigenvalue weighted by molar-refractivity contribution is 5.91. The van der Waals surface area contributed by atoms with Gasteiger partial charge in [0.1, 0.15) is 18.2 Å². The number of carbonyl (C=O) groups excluding carboxylic acids is 1. The molecule has 2 aromatic heterocycles. The quantitative estimate of drug-likeness (QED) is 0.766. The summed E-state index contributed by atoms with van der Waals surface area (Å²) in [5.41, 5.74) is 0. The number of piperazine rings is 1. The maximum absolute atomic E-state index is 13.4. The molecule has 3 heterocycles. The minimum atomic E-state index is -0.500. The van der Waals surface area contributed by atoms with E-state index in [9.17, 15) is 9.18 Å². The lowest BCUT2D eigenvalue weighted by Gasteiger charge is -2.40. The van der Waals surface area contributed by atoms with Crippen molar-refractivity contribution in [1.29, 1.82) is 0 Å². The van der Waals surface area contributed by atoms with Crippen LogP contribution in [0.4, 0.5) is 10.2 Å². The number of rotatable bonds is 5. The molecule has 0 saturated carbocycles. The predicted octanol–water partition coefficient (Wildman–Crippen LogP) is 3.09. The summed E-state index contributed by atoms with van der Waals surface area (Å²) in [4.78, 5) is 20.4. The van der Waals surface area contributed by atoms with Gasteiger partial charge in [0.25, 0.3) is 5.91 Å². The van der Waals surface area contributed by atoms with Crippen molar-refractivity contribution in [2.45, 2.75) is 39.5 Å². The van der Waals surface area contributed by atoms with Gasteiger partial charge in [0.05, 0.1) is 6.10 Å². The van der Waals surface area contributed by atoms with Gasteiger partial charge in [-0.25, -0.2) is 4.98 Å². The molecule has 0 spiro atoms. The molecule has 6 nitrogen and oxygen atoms in total. The van der Waals surface area contributed by atoms with E-state index in [-0.39, 0.29) is 18.1 Å². The summed E-state index contributed by atoms with van der Waals surface area (Å²) in [6.45, 7) is 7.88. The molecule has 1 aliphatic rings. The van der Waals surface area contributed by atoms with Crippen LogP contribution in [0, 0.1) is 5.95 Å². The Hall–Kier alpha value is -2.41. The Morgan fingerprint density at radius 1 is 1.35 bits per heavy atom. The van der Waals surface area contributed by atoms with Crippen molar-refractivity contribution in [2.75, 3.05) is 24.5 Å². The SMILES string of the molecule is CC(C)OCc1ccc(C(=O)N2CCN(c3cccc(F)n3)C(C)C2)o1. The second-order valence-corrected chi connectivity index (χ2v) is 6.74. The van der Waals surface area contributed by atoms with Gasteiger partial charge in [-0.1, -0.05) is 6.07 Å². The number of carbonyl (C=O) groups is 1. The number of halogens is 1. The minimum absolute atomic E-state index is 0.0284. The number of hydrogen-bond acceptors (Lipinski definition) is 5. The van der Waals surface area contributed by atoms with Gasteiger partial charge < -0.3 is 19.0 Å². The van der Waals surface area contributed by atoms with Crippen LogP contribution in [0.1, 0.15) is 37.1 Å². The topological polar surface area (TPSA) is 58.8 Å². The van der Waals surface area contributed by atoms with Crippen molar-refractivity contribution in [1.82, 2.24) is 9.88 Å². The van der Waals surface area contributed by atoms with E-state index >= 15 is 0 Å². The van der Waals surface area contributed by atoms with E-state index in [1.807, 2.05) is 25.7 Å². The van der Waals surface area contributed by atoms with E-state index in [4.69, 9.17) is 9.15 Å². The van der Waals surface area contributed by atoms with Gasteiger partial charge in [0.15, 0.2) is 5.76 Å². The first-order chi connectivity index (χ1) is 12.4. The highest BCUT2D eigenvalue weighted by Crippen LogP contribution is 2.20. The predicted molar refractivity (Wildman–Crippen MR) is 95.5 cm³/mol. The molecule has 1 unspecified atom stereocenters. The second kappa shape index (κ2) is 7.86. The number of nitrogens with zero attached hydrogens (tertiary/aromatic N) is 3. The number of aromatic nitrogens is 1. The lowest BCUT2D eigenvalue weighted by atomic mass is 10.1. The zero-order chi connectivity index (χ0) is 18.7. The highest BCUT2D eigenvalue weighted by Gasteiger charge is 2.29. The largest absolute Gasteiger partial charge is 0.453 e. The standard InChI is InChI=1S/C19H24FN3O3/c1-13(2)25-12-15-7-8-16(26-15)19(24)22-9-10-23(14(3)11-22)18-6-4-5-17(20)21-18/h4-8,13-14H,9-12H2,1-3H3. The molecule has 2 aromatic rings. The van der Waals surface area contributed by atoms with Crippen molar-refractivity contribution in [3.8, 4) is 0 Å². The Kier molecular flexibility index (Phi) is 5.56. The zero-order valence-corrected chi connectivity index (χ0v) is 15.3. The summed E-state index contributed by atoms with van der Waals surface area (Å²) >= 11 is 0. The van der Waals surface area contributed by atoms with Gasteiger partial charge >= 0.3 is 0 Å². The molecule has 26 heavy (non-hydrogen) atoms. The highest BCUT2D eigenvalue weighted by atomic mass is 19.1. The fourth-order valence-corrected chi connectivity index (χ4v) is 3.02. The van der Waals surface area contributed by atoms with Crippen LogP contribution >= 0.6 is 0 Å². The Labute approximate surface area is 152 Å². The first-order valence-corrected chi connectivity index (χ1v) is 8.83. The van der Waals surface area contributed by atoms with Crippen molar-refractivity contribution < 1.29 is 18.3 Å². The fourth-order valence-electron chi connectivity index (χ4n) is 3.02. The number of anilines is 1. The molecule has 7 heteroatoms. The molecule has 1 saturated heterocycles. The van der Waals surface area contributed by atoms with E-state index in [2.05, 4.69) is 4.98 Å². The van der Waals surface area contributed by atoms with Gasteiger partial charge in [-0.2, -0.15) is 4.39 Å². The molecule has 0 aliphatic carbocycles. The van der Waals surface area contributed by atoms with Gasteiger partial charge in [-0.15, -0.1) is 0 Å². The smallest absolute Gasteiger partial charge is 0.289 e. The summed E-state index contributed by atoms with van der Waals surface area (Å²) in [5.74, 6) is 0.907. The number of ether oxygens (including phenoxy) is 1. The summed E-state index contributed by atoms with van der Waals surface area (Å²) < 4.78 is 24.5. The first-order valence-electron chi connectivity index (χ1n) is 8.83. The molecule has 1 amide bonds. The Morgan fingerprint density at radius 3 is 2.85 bits per heavy atom. The number of hydrogen-bond donors (Lipinski definition) is 0. The molecule has 3 rings (SSSR count). The van der Waals surface area contributed by atoms with Crippen molar-refractivity contribution >= 4 is 11.7 Å². The van der Waals surface area contributed by atoms with Gasteiger partial charge in [0, 0.05) is 25.7 Å². The van der Waals surface area contributed by atoms with E-state index < -0.39 is 5.95 Å². The van der Waals surface area contributed by atoms with Crippen LogP contribution in [0.15, 0.2) is 34.7 Å². The van der Waals surface area contributed by atoms with Crippen LogP contribution in [0.25, 0.3) is 0 Å². The molecule has 0 N–H and O–H groups in total. The van der Waals surface area contributed by atoms with Gasteiger partial charge in [0.2, 0.25) is 5.95 Å². The molecule has 1 fully saturated rings. The Morgan fingerprint density at radius 2 is 2.15 bits per heavy atom. The molecule has 1 atom stereocenters. The van der Waals surface area contributed by atoms with Gasteiger partial charge in [-0.05, 0) is 45.0 Å². The summed E-state index contributed by atoms with van der Waals surface area (Å²) in [6.07, 6.45) is 0.101. The van der Waals surface area contributed by atoms with Crippen LogP contribution in [0.3, 0.4) is 0 Å². The summed E-state index contributed by atoms with van der Waals surface area (Å²) in [7, 11) is 0. The average Bonchev–Trinajstić information content (AvgIpc) is 3.08. The van der Waals surface area contributed by atoms with Crippen molar-refractivity contribution in [2.24, 2.45) is 0 Å². The third-order valence-corrected chi connectivity index (χ3v) is 4.34. The minimum Gasteiger partial charge on any atom is -0.453 e. The summed E-state index contributed by atoms with van der Waals surface area (Å²) in [5, 5.41) is 0. The molecular weight excluding hydrogens is 337 g/mol. The lowest BCUT2D eigenvalue weighted by molar-refractivity contribution is 0.0519. The molecule has 0 radical (unpaired) electrons. The number of pyridine rings is 1. The van der Waals surface area contributed by atoms with Crippen LogP contribution in [0.5, 0.6) is 0 Å². The van der Waals surface area contributed by atoms with Crippen molar-refractivity contribution in [3.05, 3.63) is 47.8 Å². The monoisotopic (exact) mass is 361 g/mol. The Bertz CT molecular complexity index is 762. The average molecular weight is 361 g/mol. The molecule has 0 aromatic carbocycles. The zero-order valence-electron chi connectivity index (χ0n) is 15.3. The fraction of sp³-hybridized carbons (Fsp3) is 0.474. The maximum atomic E-state index is 13.4. The van der Waals surface area contributed by atoms with Crippen LogP contribution in [-0.4, -0.2) is 47.6 Å². The molecular formula is C19H24FN3O3. The van der Waals surface area contributed by atoms with E-state index in [1.54, 1.807) is 29.2 Å². The van der Waals surface area contributed by atoms with Crippen LogP contribution in [0.2, 0.25) is 0 Å². The second-order valence-electron chi connectivity index (χ2n) is 6.74. The number of furan rings is 1. The summed E-state index contributed by atoms with van der Waals surface area (Å²) in [6, 6.07) is 8.24. The van der Waals surface area contributed by atoms with Gasteiger partial charge in [-0.3, -0.25) is 4.79 Å². The van der Waals surface area contributed by atoms with Crippen molar-refractivity contribution in [3.63, 3.8) is 0 Å².